The largest absolute Gasteiger partial charge is 0.388 e. The quantitative estimate of drug-likeness (QED) is 0.674. The average molecular weight is 320 g/mol. The highest BCUT2D eigenvalue weighted by atomic mass is 16.7. The summed E-state index contributed by atoms with van der Waals surface area (Å²) in [4.78, 5) is 0. The Hall–Kier alpha value is -0.240. The van der Waals surface area contributed by atoms with Crippen molar-refractivity contribution in [2.45, 2.75) is 72.2 Å². The fraction of sp³-hybridized carbons (Fsp3) is 1.00. The van der Waals surface area contributed by atoms with Crippen LogP contribution in [0.3, 0.4) is 0 Å². The molecule has 1 fully saturated rings. The molecule has 0 amide bonds. The lowest BCUT2D eigenvalue weighted by Gasteiger charge is -2.24. The molecule has 0 radical (unpaired) electrons. The Morgan fingerprint density at radius 1 is 0.955 bits per heavy atom. The van der Waals surface area contributed by atoms with Crippen LogP contribution in [0.1, 0.15) is 41.5 Å². The van der Waals surface area contributed by atoms with E-state index < -0.39 is 30.7 Å². The number of hydrogen-bond acceptors (Lipinski definition) is 6. The Labute approximate surface area is 133 Å². The van der Waals surface area contributed by atoms with Gasteiger partial charge in [-0.25, -0.2) is 0 Å². The molecule has 5 atom stereocenters. The molecule has 3 N–H and O–H groups in total. The predicted octanol–water partition coefficient (Wildman–Crippen LogP) is 0.919. The second-order valence-electron chi connectivity index (χ2n) is 8.47. The molecule has 0 saturated carbocycles. The summed E-state index contributed by atoms with van der Waals surface area (Å²) in [5.74, 6) is 0. The Bertz CT molecular complexity index is 333. The van der Waals surface area contributed by atoms with Gasteiger partial charge >= 0.3 is 0 Å². The smallest absolute Gasteiger partial charge is 0.186 e. The van der Waals surface area contributed by atoms with Crippen molar-refractivity contribution >= 4 is 0 Å². The van der Waals surface area contributed by atoms with E-state index in [0.717, 1.165) is 0 Å². The lowest BCUT2D eigenvalue weighted by molar-refractivity contribution is -0.192. The van der Waals surface area contributed by atoms with Crippen LogP contribution in [0, 0.1) is 10.8 Å². The summed E-state index contributed by atoms with van der Waals surface area (Å²) >= 11 is 0. The van der Waals surface area contributed by atoms with Crippen molar-refractivity contribution in [3.8, 4) is 0 Å². The second kappa shape index (κ2) is 7.55. The zero-order valence-electron chi connectivity index (χ0n) is 14.6. The molecule has 0 spiro atoms. The third-order valence-electron chi connectivity index (χ3n) is 3.14. The molecule has 6 heteroatoms. The minimum atomic E-state index is -1.20. The van der Waals surface area contributed by atoms with Gasteiger partial charge in [-0.1, -0.05) is 41.5 Å². The van der Waals surface area contributed by atoms with Crippen molar-refractivity contribution in [3.63, 3.8) is 0 Å². The first-order valence-corrected chi connectivity index (χ1v) is 7.80. The van der Waals surface area contributed by atoms with E-state index >= 15 is 0 Å². The second-order valence-corrected chi connectivity index (χ2v) is 8.47. The molecule has 1 aliphatic rings. The molecular formula is C16H32O6. The van der Waals surface area contributed by atoms with Crippen LogP contribution in [0.2, 0.25) is 0 Å². The Morgan fingerprint density at radius 2 is 1.50 bits per heavy atom. The highest BCUT2D eigenvalue weighted by Crippen LogP contribution is 2.27. The van der Waals surface area contributed by atoms with Gasteiger partial charge in [0.05, 0.1) is 19.8 Å². The number of aliphatic hydroxyl groups excluding tert-OH is 3. The molecule has 0 aromatic carbocycles. The molecule has 0 aliphatic carbocycles. The fourth-order valence-corrected chi connectivity index (χ4v) is 2.04. The van der Waals surface area contributed by atoms with E-state index in [1.807, 2.05) is 41.5 Å². The maximum Gasteiger partial charge on any atom is 0.186 e. The Morgan fingerprint density at radius 3 is 2.00 bits per heavy atom. The topological polar surface area (TPSA) is 88.4 Å². The van der Waals surface area contributed by atoms with E-state index in [1.165, 1.54) is 0 Å². The van der Waals surface area contributed by atoms with E-state index in [1.54, 1.807) is 0 Å². The summed E-state index contributed by atoms with van der Waals surface area (Å²) in [6.45, 7) is 13.0. The number of aliphatic hydroxyl groups is 3. The molecule has 132 valence electrons. The highest BCUT2D eigenvalue weighted by Gasteiger charge is 2.46. The lowest BCUT2D eigenvalue weighted by atomic mass is 9.98. The van der Waals surface area contributed by atoms with E-state index in [0.29, 0.717) is 13.2 Å². The van der Waals surface area contributed by atoms with Gasteiger partial charge in [-0.2, -0.15) is 0 Å². The van der Waals surface area contributed by atoms with Crippen molar-refractivity contribution in [1.82, 2.24) is 0 Å². The standard InChI is InChI=1S/C16H32O6/c1-15(2,3)8-20-7-10(17)13-11(18)12(19)14(22-13)21-9-16(4,5)6/h10-14,17-19H,7-9H2,1-6H3/t10?,11-,12-,13-,14+/m1/s1. The molecule has 1 heterocycles. The summed E-state index contributed by atoms with van der Waals surface area (Å²) in [7, 11) is 0. The third-order valence-corrected chi connectivity index (χ3v) is 3.14. The zero-order valence-corrected chi connectivity index (χ0v) is 14.6. The highest BCUT2D eigenvalue weighted by molar-refractivity contribution is 4.91. The van der Waals surface area contributed by atoms with E-state index in [-0.39, 0.29) is 17.4 Å². The van der Waals surface area contributed by atoms with E-state index in [9.17, 15) is 15.3 Å². The van der Waals surface area contributed by atoms with Gasteiger partial charge in [-0.3, -0.25) is 0 Å². The van der Waals surface area contributed by atoms with Crippen molar-refractivity contribution < 1.29 is 29.5 Å². The number of hydrogen-bond donors (Lipinski definition) is 3. The van der Waals surface area contributed by atoms with Crippen LogP contribution in [0.25, 0.3) is 0 Å². The van der Waals surface area contributed by atoms with Crippen molar-refractivity contribution in [1.29, 1.82) is 0 Å². The van der Waals surface area contributed by atoms with Crippen molar-refractivity contribution in [2.24, 2.45) is 10.8 Å². The normalized spacial score (nSPS) is 31.5. The molecule has 1 aliphatic heterocycles. The van der Waals surface area contributed by atoms with Gasteiger partial charge in [0.1, 0.15) is 24.4 Å². The summed E-state index contributed by atoms with van der Waals surface area (Å²) < 4.78 is 16.4. The molecule has 1 saturated heterocycles. The van der Waals surface area contributed by atoms with Gasteiger partial charge < -0.3 is 29.5 Å². The summed E-state index contributed by atoms with van der Waals surface area (Å²) in [6, 6.07) is 0. The summed E-state index contributed by atoms with van der Waals surface area (Å²) in [5.41, 5.74) is -0.0900. The minimum Gasteiger partial charge on any atom is -0.388 e. The molecule has 1 rings (SSSR count). The first-order valence-electron chi connectivity index (χ1n) is 7.80. The Kier molecular flexibility index (Phi) is 6.80. The predicted molar refractivity (Wildman–Crippen MR) is 82.4 cm³/mol. The van der Waals surface area contributed by atoms with Crippen LogP contribution < -0.4 is 0 Å². The summed E-state index contributed by atoms with van der Waals surface area (Å²) in [6.07, 6.45) is -5.24. The zero-order chi connectivity index (χ0) is 17.1. The molecule has 0 aromatic rings. The molecule has 22 heavy (non-hydrogen) atoms. The van der Waals surface area contributed by atoms with E-state index in [2.05, 4.69) is 0 Å². The monoisotopic (exact) mass is 320 g/mol. The lowest BCUT2D eigenvalue weighted by Crippen LogP contribution is -2.41. The van der Waals surface area contributed by atoms with Crippen LogP contribution in [-0.4, -0.2) is 65.8 Å². The number of ether oxygens (including phenoxy) is 3. The Balaban J connectivity index is 2.47. The first-order chi connectivity index (χ1) is 9.91. The average Bonchev–Trinajstić information content (AvgIpc) is 2.61. The van der Waals surface area contributed by atoms with Gasteiger partial charge in [0, 0.05) is 0 Å². The van der Waals surface area contributed by atoms with Crippen LogP contribution in [0.4, 0.5) is 0 Å². The van der Waals surface area contributed by atoms with Gasteiger partial charge in [0.15, 0.2) is 6.29 Å². The summed E-state index contributed by atoms with van der Waals surface area (Å²) in [5, 5.41) is 30.1. The third kappa shape index (κ3) is 6.48. The van der Waals surface area contributed by atoms with Crippen LogP contribution in [0.5, 0.6) is 0 Å². The van der Waals surface area contributed by atoms with E-state index in [4.69, 9.17) is 14.2 Å². The molecular weight excluding hydrogens is 288 g/mol. The first kappa shape index (κ1) is 19.8. The van der Waals surface area contributed by atoms with Crippen molar-refractivity contribution in [3.05, 3.63) is 0 Å². The maximum atomic E-state index is 10.1. The molecule has 0 aromatic heterocycles. The van der Waals surface area contributed by atoms with Gasteiger partial charge in [0.25, 0.3) is 0 Å². The van der Waals surface area contributed by atoms with Crippen LogP contribution >= 0.6 is 0 Å². The van der Waals surface area contributed by atoms with Gasteiger partial charge in [-0.05, 0) is 10.8 Å². The fourth-order valence-electron chi connectivity index (χ4n) is 2.04. The molecule has 6 nitrogen and oxygen atoms in total. The molecule has 0 bridgehead atoms. The number of rotatable bonds is 6. The maximum absolute atomic E-state index is 10.1. The minimum absolute atomic E-state index is 0.00720. The van der Waals surface area contributed by atoms with Crippen LogP contribution in [-0.2, 0) is 14.2 Å². The van der Waals surface area contributed by atoms with Crippen LogP contribution in [0.15, 0.2) is 0 Å². The van der Waals surface area contributed by atoms with Crippen molar-refractivity contribution in [2.75, 3.05) is 19.8 Å². The van der Waals surface area contributed by atoms with Gasteiger partial charge in [-0.15, -0.1) is 0 Å². The molecule has 1 unspecified atom stereocenters. The van der Waals surface area contributed by atoms with Gasteiger partial charge in [0.2, 0.25) is 0 Å². The SMILES string of the molecule is CC(C)(C)COCC(O)[C@H]1O[C@H](OCC(C)(C)C)[C@H](O)[C@H]1O.